The van der Waals surface area contributed by atoms with Gasteiger partial charge in [-0.25, -0.2) is 0 Å². The monoisotopic (exact) mass is 548 g/mol. The molecule has 0 aliphatic heterocycles. The Kier molecular flexibility index (Phi) is 11.5. The Morgan fingerprint density at radius 1 is 1.03 bits per heavy atom. The summed E-state index contributed by atoms with van der Waals surface area (Å²) in [5.41, 5.74) is 1.68. The molecule has 0 unspecified atom stereocenters. The molecule has 34 heavy (non-hydrogen) atoms. The Morgan fingerprint density at radius 3 is 2.26 bits per heavy atom. The largest absolute Gasteiger partial charge is 0.492 e. The van der Waals surface area contributed by atoms with Crippen LogP contribution in [0.5, 0.6) is 5.75 Å². The van der Waals surface area contributed by atoms with Gasteiger partial charge in [0.15, 0.2) is 5.11 Å². The summed E-state index contributed by atoms with van der Waals surface area (Å²) in [5, 5.41) is 8.72. The average Bonchev–Trinajstić information content (AvgIpc) is 2.81. The third-order valence-electron chi connectivity index (χ3n) is 5.01. The molecule has 0 radical (unpaired) electrons. The molecule has 9 heteroatoms. The number of anilines is 1. The smallest absolute Gasteiger partial charge is 0.257 e. The van der Waals surface area contributed by atoms with Crippen molar-refractivity contribution in [2.45, 2.75) is 27.7 Å². The Hall–Kier alpha value is -2.49. The molecule has 0 saturated heterocycles. The summed E-state index contributed by atoms with van der Waals surface area (Å²) in [6.07, 6.45) is 0. The highest BCUT2D eigenvalue weighted by Crippen LogP contribution is 2.26. The number of carbonyl (C=O) groups is 2. The molecular formula is C25H33BrN4O3S. The van der Waals surface area contributed by atoms with Crippen molar-refractivity contribution in [3.05, 3.63) is 58.1 Å². The summed E-state index contributed by atoms with van der Waals surface area (Å²) >= 11 is 8.71. The lowest BCUT2D eigenvalue weighted by molar-refractivity contribution is 0.0947. The first-order chi connectivity index (χ1) is 16.2. The standard InChI is InChI=1S/C25H33BrN4O3S/c1-5-30(6-2)14-13-27-23(31)18-7-10-20(11-8-18)28-25(34)29-24(32)19-9-12-22(21(26)15-19)33-16-17(3)4/h7-12,15,17H,5-6,13-14,16H2,1-4H3,(H,27,31)(H2,28,29,32,34). The van der Waals surface area contributed by atoms with E-state index in [-0.39, 0.29) is 16.9 Å². The van der Waals surface area contributed by atoms with Crippen LogP contribution >= 0.6 is 28.1 Å². The Labute approximate surface area is 215 Å². The van der Waals surface area contributed by atoms with E-state index in [9.17, 15) is 9.59 Å². The second-order valence-corrected chi connectivity index (χ2v) is 9.38. The first-order valence-electron chi connectivity index (χ1n) is 11.4. The predicted molar refractivity (Wildman–Crippen MR) is 145 cm³/mol. The number of ether oxygens (including phenoxy) is 1. The summed E-state index contributed by atoms with van der Waals surface area (Å²) in [4.78, 5) is 27.1. The fourth-order valence-electron chi connectivity index (χ4n) is 3.03. The first kappa shape index (κ1) is 27.8. The van der Waals surface area contributed by atoms with Gasteiger partial charge >= 0.3 is 0 Å². The van der Waals surface area contributed by atoms with Gasteiger partial charge in [-0.1, -0.05) is 27.7 Å². The van der Waals surface area contributed by atoms with Crippen molar-refractivity contribution in [3.8, 4) is 5.75 Å². The number of hydrogen-bond acceptors (Lipinski definition) is 5. The maximum atomic E-state index is 12.6. The number of nitrogens with zero attached hydrogens (tertiary/aromatic N) is 1. The van der Waals surface area contributed by atoms with Crippen molar-refractivity contribution in [2.24, 2.45) is 5.92 Å². The molecule has 0 bridgehead atoms. The van der Waals surface area contributed by atoms with E-state index in [0.717, 1.165) is 19.6 Å². The number of amides is 2. The van der Waals surface area contributed by atoms with Crippen LogP contribution in [0.3, 0.4) is 0 Å². The van der Waals surface area contributed by atoms with Gasteiger partial charge in [0.05, 0.1) is 11.1 Å². The van der Waals surface area contributed by atoms with Gasteiger partial charge in [-0.2, -0.15) is 0 Å². The summed E-state index contributed by atoms with van der Waals surface area (Å²) < 4.78 is 6.41. The molecule has 0 aliphatic rings. The van der Waals surface area contributed by atoms with Gasteiger partial charge in [0.25, 0.3) is 11.8 Å². The highest BCUT2D eigenvalue weighted by molar-refractivity contribution is 9.10. The van der Waals surface area contributed by atoms with Crippen molar-refractivity contribution in [3.63, 3.8) is 0 Å². The zero-order valence-corrected chi connectivity index (χ0v) is 22.5. The second kappa shape index (κ2) is 14.0. The number of hydrogen-bond donors (Lipinski definition) is 3. The summed E-state index contributed by atoms with van der Waals surface area (Å²) in [5.74, 6) is 0.626. The van der Waals surface area contributed by atoms with Gasteiger partial charge in [-0.15, -0.1) is 0 Å². The molecular weight excluding hydrogens is 516 g/mol. The van der Waals surface area contributed by atoms with Gasteiger partial charge in [-0.3, -0.25) is 14.9 Å². The van der Waals surface area contributed by atoms with Crippen LogP contribution in [0, 0.1) is 5.92 Å². The van der Waals surface area contributed by atoms with E-state index in [1.807, 2.05) is 0 Å². The van der Waals surface area contributed by atoms with Gasteiger partial charge in [0.1, 0.15) is 5.75 Å². The fourth-order valence-corrected chi connectivity index (χ4v) is 3.73. The van der Waals surface area contributed by atoms with Crippen molar-refractivity contribution in [1.82, 2.24) is 15.5 Å². The summed E-state index contributed by atoms with van der Waals surface area (Å²) in [7, 11) is 0. The lowest BCUT2D eigenvalue weighted by atomic mass is 10.2. The minimum absolute atomic E-state index is 0.124. The number of nitrogens with one attached hydrogen (secondary N) is 3. The number of thiocarbonyl (C=S) groups is 1. The fraction of sp³-hybridized carbons (Fsp3) is 0.400. The minimum atomic E-state index is -0.335. The van der Waals surface area contributed by atoms with Crippen LogP contribution in [0.4, 0.5) is 5.69 Å². The zero-order chi connectivity index (χ0) is 25.1. The molecule has 0 fully saturated rings. The van der Waals surface area contributed by atoms with E-state index in [1.54, 1.807) is 42.5 Å². The molecule has 0 saturated carbocycles. The predicted octanol–water partition coefficient (Wildman–Crippen LogP) is 4.68. The maximum absolute atomic E-state index is 12.6. The van der Waals surface area contributed by atoms with E-state index < -0.39 is 0 Å². The van der Waals surface area contributed by atoms with Gasteiger partial charge in [0, 0.05) is 29.9 Å². The lowest BCUT2D eigenvalue weighted by Crippen LogP contribution is -2.35. The number of rotatable bonds is 11. The summed E-state index contributed by atoms with van der Waals surface area (Å²) in [6.45, 7) is 12.3. The Morgan fingerprint density at radius 2 is 1.68 bits per heavy atom. The van der Waals surface area contributed by atoms with Crippen LogP contribution in [-0.2, 0) is 0 Å². The highest BCUT2D eigenvalue weighted by Gasteiger charge is 2.12. The zero-order valence-electron chi connectivity index (χ0n) is 20.1. The van der Waals surface area contributed by atoms with Gasteiger partial charge < -0.3 is 20.3 Å². The number of halogens is 1. The summed E-state index contributed by atoms with van der Waals surface area (Å²) in [6, 6.07) is 12.1. The topological polar surface area (TPSA) is 82.7 Å². The van der Waals surface area contributed by atoms with Crippen LogP contribution < -0.4 is 20.7 Å². The third kappa shape index (κ3) is 9.04. The maximum Gasteiger partial charge on any atom is 0.257 e. The molecule has 2 amide bonds. The van der Waals surface area contributed by atoms with Crippen LogP contribution in [-0.4, -0.2) is 54.6 Å². The molecule has 2 aromatic rings. The molecule has 3 N–H and O–H groups in total. The first-order valence-corrected chi connectivity index (χ1v) is 12.6. The molecule has 0 atom stereocenters. The SMILES string of the molecule is CCN(CC)CCNC(=O)c1ccc(NC(=S)NC(=O)c2ccc(OCC(C)C)c(Br)c2)cc1. The van der Waals surface area contributed by atoms with Crippen molar-refractivity contribution in [1.29, 1.82) is 0 Å². The van der Waals surface area contributed by atoms with Crippen molar-refractivity contribution < 1.29 is 14.3 Å². The Bertz CT molecular complexity index is 979. The average molecular weight is 550 g/mol. The molecule has 0 heterocycles. The Balaban J connectivity index is 1.86. The normalized spacial score (nSPS) is 10.8. The van der Waals surface area contributed by atoms with E-state index in [2.05, 4.69) is 64.5 Å². The molecule has 0 spiro atoms. The minimum Gasteiger partial charge on any atom is -0.492 e. The number of carbonyl (C=O) groups excluding carboxylic acids is 2. The van der Waals surface area contributed by atoms with Gasteiger partial charge in [-0.05, 0) is 89.6 Å². The van der Waals surface area contributed by atoms with E-state index in [4.69, 9.17) is 17.0 Å². The van der Waals surface area contributed by atoms with Crippen LogP contribution in [0.1, 0.15) is 48.4 Å². The number of benzene rings is 2. The van der Waals surface area contributed by atoms with Crippen LogP contribution in [0.2, 0.25) is 0 Å². The molecule has 7 nitrogen and oxygen atoms in total. The van der Waals surface area contributed by atoms with E-state index in [0.29, 0.717) is 46.1 Å². The molecule has 0 aromatic heterocycles. The second-order valence-electron chi connectivity index (χ2n) is 8.12. The van der Waals surface area contributed by atoms with Crippen LogP contribution in [0.25, 0.3) is 0 Å². The lowest BCUT2D eigenvalue weighted by Gasteiger charge is -2.18. The molecule has 184 valence electrons. The highest BCUT2D eigenvalue weighted by atomic mass is 79.9. The molecule has 2 aromatic carbocycles. The van der Waals surface area contributed by atoms with Crippen molar-refractivity contribution >= 4 is 50.8 Å². The third-order valence-corrected chi connectivity index (χ3v) is 5.83. The van der Waals surface area contributed by atoms with Gasteiger partial charge in [0.2, 0.25) is 0 Å². The van der Waals surface area contributed by atoms with E-state index in [1.165, 1.54) is 0 Å². The van der Waals surface area contributed by atoms with Crippen LogP contribution in [0.15, 0.2) is 46.9 Å². The quantitative estimate of drug-likeness (QED) is 0.353. The van der Waals surface area contributed by atoms with E-state index >= 15 is 0 Å². The van der Waals surface area contributed by atoms with Crippen molar-refractivity contribution in [2.75, 3.05) is 38.1 Å². The number of likely N-dealkylation sites (N-methyl/N-ethyl adjacent to an activating group) is 1. The molecule has 0 aliphatic carbocycles. The molecule has 2 rings (SSSR count).